The lowest BCUT2D eigenvalue weighted by Crippen LogP contribution is -2.54. The van der Waals surface area contributed by atoms with E-state index in [0.29, 0.717) is 42.3 Å². The number of pyridine rings is 2. The van der Waals surface area contributed by atoms with Crippen molar-refractivity contribution in [2.24, 2.45) is 0 Å². The summed E-state index contributed by atoms with van der Waals surface area (Å²) in [5.41, 5.74) is 8.38. The van der Waals surface area contributed by atoms with Crippen LogP contribution in [0, 0.1) is 24.1 Å². The molecular weight excluding hydrogens is 675 g/mol. The number of fused-ring (bicyclic) bond motifs is 1. The minimum Gasteiger partial charge on any atom is -0.397 e. The summed E-state index contributed by atoms with van der Waals surface area (Å²) >= 11 is 25.5. The highest BCUT2D eigenvalue weighted by atomic mass is 35.5. The lowest BCUT2D eigenvalue weighted by Gasteiger charge is -2.45. The first-order valence-electron chi connectivity index (χ1n) is 14.3. The van der Waals surface area contributed by atoms with E-state index in [9.17, 15) is 15.2 Å². The molecule has 0 radical (unpaired) electrons. The number of rotatable bonds is 5. The van der Waals surface area contributed by atoms with Crippen LogP contribution in [0.2, 0.25) is 20.1 Å². The molecule has 0 bridgehead atoms. The normalized spacial score (nSPS) is 18.2. The molecule has 9 nitrogen and oxygen atoms in total. The predicted octanol–water partition coefficient (Wildman–Crippen LogP) is 7.33. The Labute approximate surface area is 286 Å². The maximum atomic E-state index is 15.8. The summed E-state index contributed by atoms with van der Waals surface area (Å²) in [5, 5.41) is 21.7. The van der Waals surface area contributed by atoms with Gasteiger partial charge in [0.1, 0.15) is 17.5 Å². The van der Waals surface area contributed by atoms with E-state index >= 15 is 4.39 Å². The molecule has 0 saturated carbocycles. The maximum Gasteiger partial charge on any atom is 0.246 e. The highest BCUT2D eigenvalue weighted by molar-refractivity contribution is 6.49. The van der Waals surface area contributed by atoms with Crippen LogP contribution in [0.25, 0.3) is 17.0 Å². The lowest BCUT2D eigenvalue weighted by molar-refractivity contribution is -0.129. The van der Waals surface area contributed by atoms with Gasteiger partial charge in [-0.2, -0.15) is 5.26 Å². The van der Waals surface area contributed by atoms with Crippen molar-refractivity contribution in [2.75, 3.05) is 30.3 Å². The highest BCUT2D eigenvalue weighted by Gasteiger charge is 2.41. The molecular formula is C32H30Cl4FN7O2. The molecule has 1 saturated heterocycles. The number of aliphatic hydroxyl groups is 1. The van der Waals surface area contributed by atoms with Crippen molar-refractivity contribution in [3.63, 3.8) is 0 Å². The summed E-state index contributed by atoms with van der Waals surface area (Å²) in [6.45, 7) is 12.2. The second kappa shape index (κ2) is 12.9. The van der Waals surface area contributed by atoms with Gasteiger partial charge < -0.3 is 20.6 Å². The fraction of sp³-hybridized carbons (Fsp3) is 0.312. The van der Waals surface area contributed by atoms with Crippen LogP contribution >= 0.6 is 46.4 Å². The number of aliphatic hydroxyl groups excluding tert-OH is 1. The van der Waals surface area contributed by atoms with Gasteiger partial charge in [0.05, 0.1) is 54.1 Å². The van der Waals surface area contributed by atoms with Crippen molar-refractivity contribution in [3.8, 4) is 17.3 Å². The van der Waals surface area contributed by atoms with E-state index in [0.717, 1.165) is 5.56 Å². The number of piperazine rings is 1. The van der Waals surface area contributed by atoms with E-state index in [-0.39, 0.29) is 61.3 Å². The highest BCUT2D eigenvalue weighted by Crippen LogP contribution is 2.50. The number of nitrogens with zero attached hydrogens (tertiary/aromatic N) is 6. The number of aromatic nitrogens is 2. The lowest BCUT2D eigenvalue weighted by atomic mass is 9.94. The van der Waals surface area contributed by atoms with Crippen LogP contribution in [0.15, 0.2) is 36.6 Å². The molecule has 2 aromatic heterocycles. The van der Waals surface area contributed by atoms with Crippen molar-refractivity contribution in [1.29, 1.82) is 5.26 Å². The Morgan fingerprint density at radius 3 is 2.54 bits per heavy atom. The van der Waals surface area contributed by atoms with Gasteiger partial charge in [-0.15, -0.1) is 0 Å². The van der Waals surface area contributed by atoms with E-state index < -0.39 is 17.1 Å². The van der Waals surface area contributed by atoms with Gasteiger partial charge in [-0.1, -0.05) is 66.8 Å². The van der Waals surface area contributed by atoms with Crippen LogP contribution in [-0.2, 0) is 4.79 Å². The quantitative estimate of drug-likeness (QED) is 0.123. The molecule has 1 amide bonds. The summed E-state index contributed by atoms with van der Waals surface area (Å²) in [7, 11) is 0. The Kier molecular flexibility index (Phi) is 9.47. The molecule has 2 aliphatic heterocycles. The number of hydrogen-bond donors (Lipinski definition) is 2. The van der Waals surface area contributed by atoms with Crippen LogP contribution < -0.4 is 10.6 Å². The number of nitrogen functional groups attached to an aromatic ring is 1. The third-order valence-corrected chi connectivity index (χ3v) is 9.81. The molecule has 3 aromatic rings. The van der Waals surface area contributed by atoms with Gasteiger partial charge >= 0.3 is 0 Å². The van der Waals surface area contributed by atoms with Crippen molar-refractivity contribution in [3.05, 3.63) is 79.3 Å². The number of carbonyl (C=O) groups is 1. The molecule has 5 rings (SSSR count). The van der Waals surface area contributed by atoms with Gasteiger partial charge in [0, 0.05) is 37.4 Å². The Morgan fingerprint density at radius 1 is 1.24 bits per heavy atom. The first kappa shape index (κ1) is 33.8. The van der Waals surface area contributed by atoms with E-state index in [1.54, 1.807) is 23.2 Å². The Hall–Kier alpha value is -3.59. The van der Waals surface area contributed by atoms with Crippen molar-refractivity contribution < 1.29 is 14.3 Å². The zero-order chi connectivity index (χ0) is 33.8. The average molecular weight is 705 g/mol. The number of amides is 1. The molecule has 46 heavy (non-hydrogen) atoms. The van der Waals surface area contributed by atoms with Gasteiger partial charge in [-0.05, 0) is 43.5 Å². The molecule has 1 unspecified atom stereocenters. The molecule has 4 heterocycles. The average Bonchev–Trinajstić information content (AvgIpc) is 3.02. The van der Waals surface area contributed by atoms with Crippen molar-refractivity contribution >= 4 is 75.2 Å². The van der Waals surface area contributed by atoms with Gasteiger partial charge in [-0.3, -0.25) is 14.7 Å². The number of nitriles is 1. The summed E-state index contributed by atoms with van der Waals surface area (Å²) < 4.78 is 15.8. The van der Waals surface area contributed by atoms with E-state index in [1.165, 1.54) is 11.0 Å². The monoisotopic (exact) mass is 703 g/mol. The molecule has 1 fully saturated rings. The van der Waals surface area contributed by atoms with Gasteiger partial charge in [-0.25, -0.2) is 9.37 Å². The number of nitrogens with two attached hydrogens (primary N) is 1. The Morgan fingerprint density at radius 2 is 1.93 bits per heavy atom. The smallest absolute Gasteiger partial charge is 0.246 e. The molecule has 0 aliphatic carbocycles. The fourth-order valence-corrected chi connectivity index (χ4v) is 6.85. The zero-order valence-corrected chi connectivity index (χ0v) is 28.4. The molecule has 2 atom stereocenters. The number of carbonyl (C=O) groups excluding carboxylic acids is 1. The van der Waals surface area contributed by atoms with Crippen molar-refractivity contribution in [1.82, 2.24) is 19.8 Å². The van der Waals surface area contributed by atoms with E-state index in [2.05, 4.69) is 17.6 Å². The van der Waals surface area contributed by atoms with Gasteiger partial charge in [0.2, 0.25) is 5.91 Å². The molecule has 3 N–H and O–H groups in total. The summed E-state index contributed by atoms with van der Waals surface area (Å²) in [4.78, 5) is 27.0. The second-order valence-corrected chi connectivity index (χ2v) is 12.9. The zero-order valence-electron chi connectivity index (χ0n) is 25.4. The molecule has 240 valence electrons. The third-order valence-electron chi connectivity index (χ3n) is 8.20. The van der Waals surface area contributed by atoms with Gasteiger partial charge in [0.15, 0.2) is 12.0 Å². The van der Waals surface area contributed by atoms with Crippen LogP contribution in [0.4, 0.5) is 21.6 Å². The minimum atomic E-state index is -1.53. The first-order chi connectivity index (χ1) is 21.7. The Bertz CT molecular complexity index is 1830. The van der Waals surface area contributed by atoms with Crippen molar-refractivity contribution in [2.45, 2.75) is 45.9 Å². The first-order valence-corrected chi connectivity index (χ1v) is 15.8. The minimum absolute atomic E-state index is 0.0227. The number of halogens is 5. The number of hydrogen-bond acceptors (Lipinski definition) is 8. The number of anilines is 3. The predicted molar refractivity (Wildman–Crippen MR) is 181 cm³/mol. The van der Waals surface area contributed by atoms with E-state index in [4.69, 9.17) is 57.1 Å². The molecule has 1 aromatic carbocycles. The largest absolute Gasteiger partial charge is 0.397 e. The van der Waals surface area contributed by atoms with Crippen LogP contribution in [0.3, 0.4) is 0 Å². The Balaban J connectivity index is 1.83. The summed E-state index contributed by atoms with van der Waals surface area (Å²) in [5.74, 6) is -1.11. The summed E-state index contributed by atoms with van der Waals surface area (Å²) in [6, 6.07) is 5.28. The SMILES string of the molecule is C=CC(=O)N1CCN(C2=C(C#N)C(O)N(c3c(C)ccnc3C(C)C)c3nc(-c4c(N)c(Cl)c(Cl)c(Cl)c4F)c(Cl)cc32)C[C@H]1C. The topological polar surface area (TPSA) is 123 Å². The van der Waals surface area contributed by atoms with Crippen LogP contribution in [0.5, 0.6) is 0 Å². The third kappa shape index (κ3) is 5.44. The number of benzene rings is 1. The second-order valence-electron chi connectivity index (χ2n) is 11.4. The number of aryl methyl sites for hydroxylation is 1. The van der Waals surface area contributed by atoms with Gasteiger partial charge in [0.25, 0.3) is 0 Å². The molecule has 0 spiro atoms. The van der Waals surface area contributed by atoms with Crippen LogP contribution in [0.1, 0.15) is 43.5 Å². The standard InChI is InChI=1S/C32H30Cl4FN7O2/c1-6-20(45)43-10-9-42(13-16(43)5)30-17-11-19(33)28(21-25(37)23(35)22(34)24(36)26(21)39)41-31(17)44(32(46)18(30)12-38)29-15(4)7-8-40-27(29)14(2)3/h6-8,11,14,16,32,46H,1,9-10,13,39H2,2-5H3/t16-,32?/m1/s1. The maximum absolute atomic E-state index is 15.8. The fourth-order valence-electron chi connectivity index (χ4n) is 6.00. The van der Waals surface area contributed by atoms with E-state index in [1.807, 2.05) is 32.6 Å². The van der Waals surface area contributed by atoms with Crippen LogP contribution in [-0.4, -0.2) is 62.7 Å². The molecule has 2 aliphatic rings. The summed E-state index contributed by atoms with van der Waals surface area (Å²) in [6.07, 6.45) is 1.40. The molecule has 14 heteroatoms.